The summed E-state index contributed by atoms with van der Waals surface area (Å²) in [7, 11) is 1.57. The number of hydrogen-bond acceptors (Lipinski definition) is 5. The SMILES string of the molecule is COc1ccc([C@H](NC(=O)c2cccc(-n3cccn3)c2)C2CC(O)C2)cn1. The fourth-order valence-corrected chi connectivity index (χ4v) is 3.51. The summed E-state index contributed by atoms with van der Waals surface area (Å²) in [5.41, 5.74) is 2.27. The molecule has 1 aromatic carbocycles. The summed E-state index contributed by atoms with van der Waals surface area (Å²) in [5.74, 6) is 0.522. The molecule has 1 amide bonds. The zero-order valence-electron chi connectivity index (χ0n) is 15.5. The van der Waals surface area contributed by atoms with Crippen molar-refractivity contribution in [2.75, 3.05) is 7.11 Å². The van der Waals surface area contributed by atoms with Crippen molar-refractivity contribution in [3.8, 4) is 11.6 Å². The number of nitrogens with zero attached hydrogens (tertiary/aromatic N) is 3. The Morgan fingerprint density at radius 1 is 1.29 bits per heavy atom. The lowest BCUT2D eigenvalue weighted by molar-refractivity contribution is 0.0234. The second-order valence-corrected chi connectivity index (χ2v) is 6.97. The van der Waals surface area contributed by atoms with Crippen molar-refractivity contribution < 1.29 is 14.6 Å². The lowest BCUT2D eigenvalue weighted by Gasteiger charge is -2.38. The number of pyridine rings is 1. The quantitative estimate of drug-likeness (QED) is 0.688. The average Bonchev–Trinajstić information content (AvgIpc) is 3.25. The van der Waals surface area contributed by atoms with Crippen LogP contribution in [0.4, 0.5) is 0 Å². The topological polar surface area (TPSA) is 89.3 Å². The number of aliphatic hydroxyl groups excluding tert-OH is 1. The van der Waals surface area contributed by atoms with Gasteiger partial charge in [0.1, 0.15) is 0 Å². The third-order valence-corrected chi connectivity index (χ3v) is 5.11. The molecular formula is C21H22N4O3. The van der Waals surface area contributed by atoms with E-state index in [1.807, 2.05) is 30.5 Å². The molecule has 0 aliphatic heterocycles. The van der Waals surface area contributed by atoms with Gasteiger partial charge in [-0.1, -0.05) is 12.1 Å². The van der Waals surface area contributed by atoms with Crippen LogP contribution in [0, 0.1) is 5.92 Å². The van der Waals surface area contributed by atoms with Gasteiger partial charge in [0, 0.05) is 30.2 Å². The lowest BCUT2D eigenvalue weighted by Crippen LogP contribution is -2.41. The molecular weight excluding hydrogens is 356 g/mol. The number of benzene rings is 1. The molecule has 1 atom stereocenters. The van der Waals surface area contributed by atoms with Crippen molar-refractivity contribution >= 4 is 5.91 Å². The van der Waals surface area contributed by atoms with Crippen molar-refractivity contribution in [1.29, 1.82) is 0 Å². The predicted molar refractivity (Wildman–Crippen MR) is 103 cm³/mol. The standard InChI is InChI=1S/C21H22N4O3/c1-28-19-7-6-15(13-22-19)20(16-11-18(26)12-16)24-21(27)14-4-2-5-17(10-14)25-9-3-8-23-25/h2-10,13,16,18,20,26H,11-12H2,1H3,(H,24,27)/t16?,18?,20-/m0/s1. The Balaban J connectivity index is 1.56. The number of rotatable bonds is 6. The Kier molecular flexibility index (Phi) is 5.08. The number of methoxy groups -OCH3 is 1. The summed E-state index contributed by atoms with van der Waals surface area (Å²) >= 11 is 0. The highest BCUT2D eigenvalue weighted by Crippen LogP contribution is 2.38. The molecule has 1 aliphatic carbocycles. The second-order valence-electron chi connectivity index (χ2n) is 6.97. The first-order valence-corrected chi connectivity index (χ1v) is 9.23. The van der Waals surface area contributed by atoms with Gasteiger partial charge in [0.2, 0.25) is 5.88 Å². The van der Waals surface area contributed by atoms with Crippen LogP contribution in [0.1, 0.15) is 34.8 Å². The van der Waals surface area contributed by atoms with Gasteiger partial charge in [-0.25, -0.2) is 9.67 Å². The van der Waals surface area contributed by atoms with Gasteiger partial charge in [-0.05, 0) is 48.6 Å². The van der Waals surface area contributed by atoms with Gasteiger partial charge < -0.3 is 15.2 Å². The first-order valence-electron chi connectivity index (χ1n) is 9.23. The van der Waals surface area contributed by atoms with Gasteiger partial charge in [-0.15, -0.1) is 0 Å². The Bertz CT molecular complexity index is 935. The fourth-order valence-electron chi connectivity index (χ4n) is 3.51. The van der Waals surface area contributed by atoms with Gasteiger partial charge in [0.25, 0.3) is 5.91 Å². The molecule has 1 saturated carbocycles. The summed E-state index contributed by atoms with van der Waals surface area (Å²) in [6.45, 7) is 0. The van der Waals surface area contributed by atoms with E-state index in [-0.39, 0.29) is 24.0 Å². The van der Waals surface area contributed by atoms with Crippen LogP contribution >= 0.6 is 0 Å². The van der Waals surface area contributed by atoms with Crippen LogP contribution in [0.15, 0.2) is 61.1 Å². The number of nitrogens with one attached hydrogen (secondary N) is 1. The molecule has 0 bridgehead atoms. The van der Waals surface area contributed by atoms with Crippen LogP contribution in [0.25, 0.3) is 5.69 Å². The van der Waals surface area contributed by atoms with E-state index in [1.54, 1.807) is 42.4 Å². The van der Waals surface area contributed by atoms with Gasteiger partial charge in [0.05, 0.1) is 24.9 Å². The van der Waals surface area contributed by atoms with Crippen LogP contribution in [0.3, 0.4) is 0 Å². The van der Waals surface area contributed by atoms with Crippen molar-refractivity contribution in [3.05, 3.63) is 72.2 Å². The molecule has 7 nitrogen and oxygen atoms in total. The second kappa shape index (κ2) is 7.82. The highest BCUT2D eigenvalue weighted by molar-refractivity contribution is 5.95. The van der Waals surface area contributed by atoms with E-state index >= 15 is 0 Å². The van der Waals surface area contributed by atoms with Crippen LogP contribution < -0.4 is 10.1 Å². The molecule has 1 aliphatic rings. The maximum atomic E-state index is 13.0. The van der Waals surface area contributed by atoms with Crippen molar-refractivity contribution in [2.45, 2.75) is 25.0 Å². The first kappa shape index (κ1) is 18.2. The summed E-state index contributed by atoms with van der Waals surface area (Å²) in [6.07, 6.45) is 6.25. The number of amides is 1. The highest BCUT2D eigenvalue weighted by Gasteiger charge is 2.36. The first-order chi connectivity index (χ1) is 13.6. The van der Waals surface area contributed by atoms with Crippen LogP contribution in [-0.4, -0.2) is 39.0 Å². The predicted octanol–water partition coefficient (Wildman–Crippen LogP) is 2.52. The molecule has 2 heterocycles. The van der Waals surface area contributed by atoms with Crippen molar-refractivity contribution in [1.82, 2.24) is 20.1 Å². The van der Waals surface area contributed by atoms with E-state index in [4.69, 9.17) is 4.74 Å². The Morgan fingerprint density at radius 2 is 2.14 bits per heavy atom. The lowest BCUT2D eigenvalue weighted by atomic mass is 9.75. The Labute approximate surface area is 163 Å². The summed E-state index contributed by atoms with van der Waals surface area (Å²) in [6, 6.07) is 12.6. The number of carbonyl (C=O) groups excluding carboxylic acids is 1. The Morgan fingerprint density at radius 3 is 2.79 bits per heavy atom. The minimum absolute atomic E-state index is 0.170. The summed E-state index contributed by atoms with van der Waals surface area (Å²) in [5, 5.41) is 17.1. The molecule has 1 fully saturated rings. The van der Waals surface area contributed by atoms with E-state index in [9.17, 15) is 9.90 Å². The van der Waals surface area contributed by atoms with Gasteiger partial charge in [0.15, 0.2) is 0 Å². The minimum atomic E-state index is -0.307. The number of aliphatic hydroxyl groups is 1. The molecule has 28 heavy (non-hydrogen) atoms. The van der Waals surface area contributed by atoms with Crippen LogP contribution in [0.5, 0.6) is 5.88 Å². The number of ether oxygens (including phenoxy) is 1. The van der Waals surface area contributed by atoms with E-state index in [0.29, 0.717) is 24.3 Å². The van der Waals surface area contributed by atoms with E-state index < -0.39 is 0 Å². The van der Waals surface area contributed by atoms with Gasteiger partial charge in [-0.2, -0.15) is 5.10 Å². The van der Waals surface area contributed by atoms with E-state index in [2.05, 4.69) is 15.4 Å². The normalized spacial score (nSPS) is 19.5. The molecule has 0 saturated heterocycles. The maximum absolute atomic E-state index is 13.0. The zero-order valence-corrected chi connectivity index (χ0v) is 15.5. The molecule has 3 aromatic rings. The molecule has 7 heteroatoms. The minimum Gasteiger partial charge on any atom is -0.481 e. The number of aromatic nitrogens is 3. The van der Waals surface area contributed by atoms with Gasteiger partial charge >= 0.3 is 0 Å². The highest BCUT2D eigenvalue weighted by atomic mass is 16.5. The van der Waals surface area contributed by atoms with Crippen molar-refractivity contribution in [2.24, 2.45) is 5.92 Å². The number of hydrogen-bond donors (Lipinski definition) is 2. The largest absolute Gasteiger partial charge is 0.481 e. The third-order valence-electron chi connectivity index (χ3n) is 5.11. The Hall–Kier alpha value is -3.19. The summed E-state index contributed by atoms with van der Waals surface area (Å²) < 4.78 is 6.83. The molecule has 0 radical (unpaired) electrons. The third kappa shape index (κ3) is 3.75. The summed E-state index contributed by atoms with van der Waals surface area (Å²) in [4.78, 5) is 17.2. The fraction of sp³-hybridized carbons (Fsp3) is 0.286. The maximum Gasteiger partial charge on any atom is 0.251 e. The molecule has 4 rings (SSSR count). The van der Waals surface area contributed by atoms with Crippen molar-refractivity contribution in [3.63, 3.8) is 0 Å². The monoisotopic (exact) mass is 378 g/mol. The van der Waals surface area contributed by atoms with Gasteiger partial charge in [-0.3, -0.25) is 4.79 Å². The molecule has 0 unspecified atom stereocenters. The van der Waals surface area contributed by atoms with E-state index in [0.717, 1.165) is 11.3 Å². The zero-order chi connectivity index (χ0) is 19.5. The molecule has 2 N–H and O–H groups in total. The smallest absolute Gasteiger partial charge is 0.251 e. The molecule has 144 valence electrons. The van der Waals surface area contributed by atoms with Crippen LogP contribution in [-0.2, 0) is 0 Å². The van der Waals surface area contributed by atoms with Crippen LogP contribution in [0.2, 0.25) is 0 Å². The molecule has 0 spiro atoms. The molecule has 2 aromatic heterocycles. The van der Waals surface area contributed by atoms with E-state index in [1.165, 1.54) is 0 Å². The number of carbonyl (C=O) groups is 1. The average molecular weight is 378 g/mol.